The number of benzene rings is 1. The highest BCUT2D eigenvalue weighted by Gasteiger charge is 2.27. The van der Waals surface area contributed by atoms with E-state index in [9.17, 15) is 13.9 Å². The number of rotatable bonds is 8. The molecule has 0 fully saturated rings. The number of nitriles is 1. The van der Waals surface area contributed by atoms with Gasteiger partial charge in [-0.05, 0) is 24.3 Å². The van der Waals surface area contributed by atoms with Crippen molar-refractivity contribution in [2.75, 3.05) is 26.3 Å². The summed E-state index contributed by atoms with van der Waals surface area (Å²) in [6, 6.07) is 8.27. The fourth-order valence-electron chi connectivity index (χ4n) is 1.35. The maximum atomic E-state index is 12.7. The Bertz CT molecular complexity index is 446. The van der Waals surface area contributed by atoms with Crippen LogP contribution >= 0.6 is 0 Å². The minimum atomic E-state index is -3.20. The van der Waals surface area contributed by atoms with E-state index < -0.39 is 25.2 Å². The Morgan fingerprint density at radius 1 is 1.35 bits per heavy atom. The summed E-state index contributed by atoms with van der Waals surface area (Å²) >= 11 is 0. The second-order valence-electron chi connectivity index (χ2n) is 4.25. The van der Waals surface area contributed by atoms with Crippen molar-refractivity contribution in [3.8, 4) is 11.8 Å². The molecule has 0 spiro atoms. The molecule has 0 heterocycles. The predicted molar refractivity (Wildman–Crippen MR) is 67.6 cm³/mol. The van der Waals surface area contributed by atoms with Crippen molar-refractivity contribution >= 4 is 0 Å². The van der Waals surface area contributed by atoms with Gasteiger partial charge in [0, 0.05) is 6.54 Å². The van der Waals surface area contributed by atoms with Crippen LogP contribution in [0.15, 0.2) is 24.3 Å². The molecule has 0 saturated heterocycles. The molecule has 1 unspecified atom stereocenters. The van der Waals surface area contributed by atoms with Gasteiger partial charge >= 0.3 is 0 Å². The van der Waals surface area contributed by atoms with Gasteiger partial charge in [-0.2, -0.15) is 5.26 Å². The molecule has 1 aromatic carbocycles. The summed E-state index contributed by atoms with van der Waals surface area (Å²) in [6.45, 7) is -2.09. The average Bonchev–Trinajstić information content (AvgIpc) is 2.45. The molecule has 0 bridgehead atoms. The van der Waals surface area contributed by atoms with Gasteiger partial charge in [0.2, 0.25) is 0 Å². The van der Waals surface area contributed by atoms with Crippen LogP contribution in [0.25, 0.3) is 0 Å². The van der Waals surface area contributed by atoms with Crippen LogP contribution in [0.1, 0.15) is 5.56 Å². The summed E-state index contributed by atoms with van der Waals surface area (Å²) in [4.78, 5) is 0. The molecular formula is C13H16F2N2O3. The Hall–Kier alpha value is -1.75. The Labute approximate surface area is 115 Å². The van der Waals surface area contributed by atoms with Crippen molar-refractivity contribution < 1.29 is 23.7 Å². The molecule has 1 rings (SSSR count). The number of nitrogens with zero attached hydrogens (tertiary/aromatic N) is 1. The van der Waals surface area contributed by atoms with E-state index in [-0.39, 0.29) is 13.2 Å². The third-order valence-corrected chi connectivity index (χ3v) is 2.42. The van der Waals surface area contributed by atoms with Crippen LogP contribution in [0.2, 0.25) is 0 Å². The second-order valence-corrected chi connectivity index (χ2v) is 4.25. The summed E-state index contributed by atoms with van der Waals surface area (Å²) < 4.78 is 30.6. The molecule has 0 aliphatic carbocycles. The maximum absolute atomic E-state index is 12.7. The van der Waals surface area contributed by atoms with Crippen molar-refractivity contribution in [2.24, 2.45) is 0 Å². The highest BCUT2D eigenvalue weighted by atomic mass is 19.3. The number of nitrogens with one attached hydrogen (secondary N) is 1. The van der Waals surface area contributed by atoms with E-state index in [1.807, 2.05) is 6.07 Å². The number of ether oxygens (including phenoxy) is 1. The molecule has 20 heavy (non-hydrogen) atoms. The summed E-state index contributed by atoms with van der Waals surface area (Å²) in [5.74, 6) is -2.73. The van der Waals surface area contributed by atoms with Crippen LogP contribution in [-0.2, 0) is 0 Å². The Balaban J connectivity index is 2.25. The summed E-state index contributed by atoms with van der Waals surface area (Å²) in [7, 11) is 0. The van der Waals surface area contributed by atoms with E-state index in [2.05, 4.69) is 5.32 Å². The van der Waals surface area contributed by atoms with Gasteiger partial charge in [0.25, 0.3) is 5.92 Å². The van der Waals surface area contributed by atoms with Crippen molar-refractivity contribution in [1.82, 2.24) is 5.32 Å². The van der Waals surface area contributed by atoms with Crippen LogP contribution in [0.3, 0.4) is 0 Å². The first kappa shape index (κ1) is 16.3. The van der Waals surface area contributed by atoms with Gasteiger partial charge in [-0.1, -0.05) is 0 Å². The maximum Gasteiger partial charge on any atom is 0.282 e. The number of hydrogen-bond donors (Lipinski definition) is 3. The molecule has 0 radical (unpaired) electrons. The lowest BCUT2D eigenvalue weighted by Gasteiger charge is -2.17. The minimum Gasteiger partial charge on any atom is -0.491 e. The molecular weight excluding hydrogens is 270 g/mol. The van der Waals surface area contributed by atoms with Gasteiger partial charge in [0.1, 0.15) is 25.1 Å². The van der Waals surface area contributed by atoms with Crippen molar-refractivity contribution in [1.29, 1.82) is 5.26 Å². The lowest BCUT2D eigenvalue weighted by Crippen LogP contribution is -2.40. The zero-order chi connectivity index (χ0) is 15.0. The van der Waals surface area contributed by atoms with Crippen LogP contribution in [0, 0.1) is 11.3 Å². The normalized spacial score (nSPS) is 12.8. The zero-order valence-electron chi connectivity index (χ0n) is 10.7. The first-order valence-corrected chi connectivity index (χ1v) is 5.97. The second kappa shape index (κ2) is 7.75. The molecule has 0 amide bonds. The Morgan fingerprint density at radius 3 is 2.55 bits per heavy atom. The van der Waals surface area contributed by atoms with E-state index >= 15 is 0 Å². The molecule has 5 nitrogen and oxygen atoms in total. The van der Waals surface area contributed by atoms with Crippen LogP contribution in [0.5, 0.6) is 5.75 Å². The fraction of sp³-hybridized carbons (Fsp3) is 0.462. The standard InChI is InChI=1S/C13H16F2N2O3/c14-13(15,9-18)8-17-6-11(19)7-20-12-3-1-10(5-16)2-4-12/h1-4,11,17-19H,6-9H2. The number of hydrogen-bond acceptors (Lipinski definition) is 5. The number of aliphatic hydroxyl groups is 2. The highest BCUT2D eigenvalue weighted by molar-refractivity contribution is 5.34. The van der Waals surface area contributed by atoms with E-state index in [1.54, 1.807) is 24.3 Å². The van der Waals surface area contributed by atoms with Gasteiger partial charge in [0.15, 0.2) is 0 Å². The SMILES string of the molecule is N#Cc1ccc(OCC(O)CNCC(F)(F)CO)cc1. The van der Waals surface area contributed by atoms with Crippen molar-refractivity contribution in [3.05, 3.63) is 29.8 Å². The molecule has 0 saturated carbocycles. The first-order valence-electron chi connectivity index (χ1n) is 5.97. The average molecular weight is 286 g/mol. The molecule has 0 aliphatic rings. The van der Waals surface area contributed by atoms with E-state index in [4.69, 9.17) is 15.1 Å². The quantitative estimate of drug-likeness (QED) is 0.648. The lowest BCUT2D eigenvalue weighted by atomic mass is 10.2. The first-order chi connectivity index (χ1) is 9.46. The number of halogens is 2. The third-order valence-electron chi connectivity index (χ3n) is 2.42. The fourth-order valence-corrected chi connectivity index (χ4v) is 1.35. The van der Waals surface area contributed by atoms with Crippen molar-refractivity contribution in [2.45, 2.75) is 12.0 Å². The van der Waals surface area contributed by atoms with Crippen LogP contribution in [0.4, 0.5) is 8.78 Å². The Kier molecular flexibility index (Phi) is 6.31. The summed E-state index contributed by atoms with van der Waals surface area (Å²) in [5.41, 5.74) is 0.491. The van der Waals surface area contributed by atoms with E-state index in [1.165, 1.54) is 0 Å². The molecule has 1 aromatic rings. The zero-order valence-corrected chi connectivity index (χ0v) is 10.7. The van der Waals surface area contributed by atoms with Gasteiger partial charge < -0.3 is 20.3 Å². The lowest BCUT2D eigenvalue weighted by molar-refractivity contribution is -0.0493. The van der Waals surface area contributed by atoms with Crippen molar-refractivity contribution in [3.63, 3.8) is 0 Å². The van der Waals surface area contributed by atoms with Crippen LogP contribution in [-0.4, -0.2) is 48.5 Å². The van der Waals surface area contributed by atoms with Gasteiger partial charge in [-0.15, -0.1) is 0 Å². The minimum absolute atomic E-state index is 0.0659. The molecule has 1 atom stereocenters. The van der Waals surface area contributed by atoms with Crippen LogP contribution < -0.4 is 10.1 Å². The molecule has 7 heteroatoms. The van der Waals surface area contributed by atoms with Gasteiger partial charge in [0.05, 0.1) is 18.2 Å². The smallest absolute Gasteiger partial charge is 0.282 e. The summed E-state index contributed by atoms with van der Waals surface area (Å²) in [6.07, 6.45) is -0.958. The molecule has 0 aromatic heterocycles. The molecule has 110 valence electrons. The summed E-state index contributed by atoms with van der Waals surface area (Å²) in [5, 5.41) is 28.8. The third kappa shape index (κ3) is 5.93. The topological polar surface area (TPSA) is 85.5 Å². The number of alkyl halides is 2. The monoisotopic (exact) mass is 286 g/mol. The molecule has 3 N–H and O–H groups in total. The largest absolute Gasteiger partial charge is 0.491 e. The predicted octanol–water partition coefficient (Wildman–Crippen LogP) is 0.515. The van der Waals surface area contributed by atoms with E-state index in [0.717, 1.165) is 0 Å². The number of aliphatic hydroxyl groups excluding tert-OH is 2. The highest BCUT2D eigenvalue weighted by Crippen LogP contribution is 2.12. The van der Waals surface area contributed by atoms with E-state index in [0.29, 0.717) is 11.3 Å². The molecule has 0 aliphatic heterocycles. The Morgan fingerprint density at radius 2 is 2.00 bits per heavy atom. The van der Waals surface area contributed by atoms with Gasteiger partial charge in [-0.25, -0.2) is 8.78 Å². The van der Waals surface area contributed by atoms with Gasteiger partial charge in [-0.3, -0.25) is 0 Å².